The third-order valence-corrected chi connectivity index (χ3v) is 7.16. The third-order valence-electron chi connectivity index (χ3n) is 7.16. The molecule has 3 nitrogen and oxygen atoms in total. The zero-order chi connectivity index (χ0) is 28.6. The lowest BCUT2D eigenvalue weighted by Crippen LogP contribution is -2.01. The van der Waals surface area contributed by atoms with Crippen LogP contribution >= 0.6 is 0 Å². The van der Waals surface area contributed by atoms with Crippen molar-refractivity contribution in [2.24, 2.45) is 23.5 Å². The van der Waals surface area contributed by atoms with Gasteiger partial charge in [0.2, 0.25) is 0 Å². The third kappa shape index (κ3) is 7.79. The second-order valence-electron chi connectivity index (χ2n) is 11.0. The Bertz CT molecular complexity index is 1510. The van der Waals surface area contributed by atoms with Gasteiger partial charge in [0.1, 0.15) is 23.0 Å². The van der Waals surface area contributed by atoms with Crippen LogP contribution in [0.4, 0.5) is 0 Å². The van der Waals surface area contributed by atoms with Crippen molar-refractivity contribution < 1.29 is 9.47 Å². The predicted molar refractivity (Wildman–Crippen MR) is 171 cm³/mol. The van der Waals surface area contributed by atoms with Gasteiger partial charge in [-0.3, -0.25) is 0 Å². The number of hydrogen-bond donors (Lipinski definition) is 1. The lowest BCUT2D eigenvalue weighted by molar-refractivity contribution is 0.311. The maximum absolute atomic E-state index is 6.54. The molecule has 0 saturated heterocycles. The number of allylic oxidation sites excluding steroid dienone is 25. The number of nitrogens with two attached hydrogens (primary N) is 1. The Labute approximate surface area is 244 Å². The molecule has 0 spiro atoms. The van der Waals surface area contributed by atoms with Crippen LogP contribution in [0.25, 0.3) is 0 Å². The Morgan fingerprint density at radius 2 is 1.39 bits per heavy atom. The minimum Gasteiger partial charge on any atom is -0.461 e. The van der Waals surface area contributed by atoms with Crippen LogP contribution in [0.3, 0.4) is 0 Å². The van der Waals surface area contributed by atoms with Gasteiger partial charge in [-0.05, 0) is 95.1 Å². The molecule has 0 aromatic rings. The van der Waals surface area contributed by atoms with E-state index in [4.69, 9.17) is 15.2 Å². The van der Waals surface area contributed by atoms with Crippen LogP contribution in [0.1, 0.15) is 33.6 Å². The smallest absolute Gasteiger partial charge is 0.126 e. The van der Waals surface area contributed by atoms with E-state index >= 15 is 0 Å². The highest BCUT2D eigenvalue weighted by Gasteiger charge is 2.17. The molecule has 0 amide bonds. The van der Waals surface area contributed by atoms with Gasteiger partial charge >= 0.3 is 0 Å². The highest BCUT2D eigenvalue weighted by molar-refractivity contribution is 5.63. The molecular weight excluding hydrogens is 502 g/mol. The Kier molecular flexibility index (Phi) is 9.05. The average Bonchev–Trinajstić information content (AvgIpc) is 3.50. The van der Waals surface area contributed by atoms with Crippen LogP contribution in [0.2, 0.25) is 0 Å². The van der Waals surface area contributed by atoms with E-state index in [2.05, 4.69) is 112 Å². The van der Waals surface area contributed by atoms with Crippen LogP contribution in [0, 0.1) is 17.8 Å². The van der Waals surface area contributed by atoms with E-state index in [0.29, 0.717) is 18.3 Å². The fraction of sp³-hybridized carbons (Fsp3) is 0.211. The molecule has 3 heteroatoms. The molecule has 0 radical (unpaired) electrons. The van der Waals surface area contributed by atoms with E-state index in [-0.39, 0.29) is 5.92 Å². The molecule has 0 saturated carbocycles. The molecule has 0 aliphatic heterocycles. The number of hydrogen-bond acceptors (Lipinski definition) is 3. The van der Waals surface area contributed by atoms with E-state index in [1.165, 1.54) is 0 Å². The zero-order valence-corrected chi connectivity index (χ0v) is 24.2. The zero-order valence-electron chi connectivity index (χ0n) is 24.2. The molecule has 2 N–H and O–H groups in total. The molecule has 3 unspecified atom stereocenters. The van der Waals surface area contributed by atoms with Crippen LogP contribution < -0.4 is 5.73 Å². The van der Waals surface area contributed by atoms with Gasteiger partial charge in [0, 0.05) is 12.1 Å². The molecule has 3 atom stereocenters. The second kappa shape index (κ2) is 13.2. The average molecular weight is 542 g/mol. The topological polar surface area (TPSA) is 44.5 Å². The lowest BCUT2D eigenvalue weighted by Gasteiger charge is -2.13. The van der Waals surface area contributed by atoms with Gasteiger partial charge < -0.3 is 15.2 Å². The number of ether oxygens (including phenoxy) is 2. The maximum atomic E-state index is 6.54. The molecule has 5 rings (SSSR count). The second-order valence-corrected chi connectivity index (χ2v) is 11.0. The first-order valence-electron chi connectivity index (χ1n) is 14.5. The summed E-state index contributed by atoms with van der Waals surface area (Å²) in [6, 6.07) is 0. The monoisotopic (exact) mass is 541 g/mol. The standard InChI is InChI=1S/C38H39NO2/c1-27-14-20-37(30-16-18-35(24-29(3)22-30)41-34-13-9-8-10-28(2)23-34)38(21-15-27)31-17-19-36(26-32(39)25-31)40-33-11-6-4-5-7-12-33/h4,6-25,27-29H,5,26,39H2,1-3H3. The van der Waals surface area contributed by atoms with Gasteiger partial charge in [0.05, 0.1) is 0 Å². The molecular formula is C38H39NO2. The van der Waals surface area contributed by atoms with Crippen LogP contribution in [-0.2, 0) is 9.47 Å². The first-order valence-corrected chi connectivity index (χ1v) is 14.5. The predicted octanol–water partition coefficient (Wildman–Crippen LogP) is 9.20. The first kappa shape index (κ1) is 28.0. The summed E-state index contributed by atoms with van der Waals surface area (Å²) in [5.74, 6) is 4.17. The summed E-state index contributed by atoms with van der Waals surface area (Å²) in [7, 11) is 0. The van der Waals surface area contributed by atoms with Gasteiger partial charge in [-0.1, -0.05) is 99.8 Å². The molecule has 208 valence electrons. The summed E-state index contributed by atoms with van der Waals surface area (Å²) in [4.78, 5) is 0. The lowest BCUT2D eigenvalue weighted by atomic mass is 9.92. The maximum Gasteiger partial charge on any atom is 0.126 e. The van der Waals surface area contributed by atoms with Crippen molar-refractivity contribution in [3.05, 3.63) is 179 Å². The van der Waals surface area contributed by atoms with Crippen molar-refractivity contribution >= 4 is 0 Å². The Balaban J connectivity index is 1.46. The van der Waals surface area contributed by atoms with Crippen molar-refractivity contribution in [2.75, 3.05) is 0 Å². The minimum absolute atomic E-state index is 0.186. The normalized spacial score (nSPS) is 25.8. The van der Waals surface area contributed by atoms with E-state index < -0.39 is 0 Å². The highest BCUT2D eigenvalue weighted by Crippen LogP contribution is 2.33. The van der Waals surface area contributed by atoms with Gasteiger partial charge in [-0.15, -0.1) is 0 Å². The van der Waals surface area contributed by atoms with E-state index in [1.807, 2.05) is 36.5 Å². The molecule has 5 aliphatic carbocycles. The Morgan fingerprint density at radius 3 is 2.24 bits per heavy atom. The summed E-state index contributed by atoms with van der Waals surface area (Å²) >= 11 is 0. The van der Waals surface area contributed by atoms with E-state index in [1.54, 1.807) is 0 Å². The van der Waals surface area contributed by atoms with Crippen LogP contribution in [0.5, 0.6) is 0 Å². The van der Waals surface area contributed by atoms with Crippen molar-refractivity contribution in [1.29, 1.82) is 0 Å². The largest absolute Gasteiger partial charge is 0.461 e. The summed E-state index contributed by atoms with van der Waals surface area (Å²) in [5, 5.41) is 0. The SMILES string of the molecule is CC1C=CC(C2=CC=C(OC3=CC=CCC=C3)CC(N)=C2)=C(C2=CC(C)C=C(OC3=CC(C)C=CC=C3)C=C2)C=C1. The molecule has 0 fully saturated rings. The van der Waals surface area contributed by atoms with E-state index in [0.717, 1.165) is 57.4 Å². The summed E-state index contributed by atoms with van der Waals surface area (Å²) in [6.45, 7) is 6.55. The molecule has 5 aliphatic rings. The van der Waals surface area contributed by atoms with E-state index in [9.17, 15) is 0 Å². The molecule has 41 heavy (non-hydrogen) atoms. The fourth-order valence-corrected chi connectivity index (χ4v) is 5.09. The molecule has 0 aromatic heterocycles. The highest BCUT2D eigenvalue weighted by atomic mass is 16.5. The number of rotatable bonds is 6. The molecule has 0 bridgehead atoms. The summed E-state index contributed by atoms with van der Waals surface area (Å²) in [6.07, 6.45) is 45.9. The van der Waals surface area contributed by atoms with Gasteiger partial charge in [0.15, 0.2) is 0 Å². The van der Waals surface area contributed by atoms with Crippen molar-refractivity contribution in [3.63, 3.8) is 0 Å². The van der Waals surface area contributed by atoms with Crippen molar-refractivity contribution in [1.82, 2.24) is 0 Å². The Morgan fingerprint density at radius 1 is 0.610 bits per heavy atom. The molecule has 0 aromatic carbocycles. The summed E-state index contributed by atoms with van der Waals surface area (Å²) in [5.41, 5.74) is 11.8. The minimum atomic E-state index is 0.186. The van der Waals surface area contributed by atoms with Crippen molar-refractivity contribution in [3.8, 4) is 0 Å². The van der Waals surface area contributed by atoms with Gasteiger partial charge in [-0.2, -0.15) is 0 Å². The van der Waals surface area contributed by atoms with Crippen LogP contribution in [0.15, 0.2) is 179 Å². The van der Waals surface area contributed by atoms with Gasteiger partial charge in [-0.25, -0.2) is 0 Å². The first-order chi connectivity index (χ1) is 19.9. The molecule has 0 heterocycles. The van der Waals surface area contributed by atoms with Gasteiger partial charge in [0.25, 0.3) is 0 Å². The quantitative estimate of drug-likeness (QED) is 0.365. The fourth-order valence-electron chi connectivity index (χ4n) is 5.09. The van der Waals surface area contributed by atoms with Crippen molar-refractivity contribution in [2.45, 2.75) is 33.6 Å². The Hall–Kier alpha value is -4.50. The summed E-state index contributed by atoms with van der Waals surface area (Å²) < 4.78 is 12.5. The van der Waals surface area contributed by atoms with Crippen LogP contribution in [-0.4, -0.2) is 0 Å².